The molecule has 0 radical (unpaired) electrons. The fourth-order valence-corrected chi connectivity index (χ4v) is 3.73. The molecule has 0 bridgehead atoms. The molecule has 0 heterocycles. The van der Waals surface area contributed by atoms with Crippen LogP contribution in [0.5, 0.6) is 0 Å². The molecule has 20 heavy (non-hydrogen) atoms. The van der Waals surface area contributed by atoms with Crippen molar-refractivity contribution in [3.05, 3.63) is 35.4 Å². The third-order valence-corrected chi connectivity index (χ3v) is 4.73. The number of hydrogen-bond donors (Lipinski definition) is 1. The van der Waals surface area contributed by atoms with E-state index in [1.54, 1.807) is 0 Å². The van der Waals surface area contributed by atoms with Gasteiger partial charge in [0.25, 0.3) is 0 Å². The summed E-state index contributed by atoms with van der Waals surface area (Å²) in [5, 5.41) is 0. The maximum absolute atomic E-state index is 6.69. The fraction of sp³-hybridized carbons (Fsp3) is 0.684. The second-order valence-corrected chi connectivity index (χ2v) is 8.68. The van der Waals surface area contributed by atoms with Gasteiger partial charge in [-0.3, -0.25) is 0 Å². The summed E-state index contributed by atoms with van der Waals surface area (Å²) in [5.74, 6) is 0. The summed E-state index contributed by atoms with van der Waals surface area (Å²) >= 11 is 0. The third-order valence-electron chi connectivity index (χ3n) is 4.73. The van der Waals surface area contributed by atoms with Crippen LogP contribution >= 0.6 is 0 Å². The van der Waals surface area contributed by atoms with Crippen molar-refractivity contribution in [2.75, 3.05) is 0 Å². The molecule has 1 fully saturated rings. The van der Waals surface area contributed by atoms with Gasteiger partial charge in [-0.1, -0.05) is 65.3 Å². The Balaban J connectivity index is 2.10. The van der Waals surface area contributed by atoms with Crippen LogP contribution in [0.1, 0.15) is 71.4 Å². The van der Waals surface area contributed by atoms with Crippen molar-refractivity contribution in [3.63, 3.8) is 0 Å². The molecule has 1 saturated carbocycles. The van der Waals surface area contributed by atoms with Crippen LogP contribution < -0.4 is 5.73 Å². The normalized spacial score (nSPS) is 26.5. The van der Waals surface area contributed by atoms with E-state index in [9.17, 15) is 0 Å². The van der Waals surface area contributed by atoms with Gasteiger partial charge in [0.1, 0.15) is 0 Å². The zero-order chi connectivity index (χ0) is 15.0. The molecule has 112 valence electrons. The number of hydrogen-bond acceptors (Lipinski definition) is 1. The first-order chi connectivity index (χ1) is 9.10. The molecule has 1 heteroatoms. The molecule has 0 saturated heterocycles. The average molecular weight is 273 g/mol. The fourth-order valence-electron chi connectivity index (χ4n) is 3.73. The van der Waals surface area contributed by atoms with Crippen molar-refractivity contribution in [2.24, 2.45) is 11.1 Å². The van der Waals surface area contributed by atoms with E-state index in [0.717, 1.165) is 19.3 Å². The summed E-state index contributed by atoms with van der Waals surface area (Å²) in [6.45, 7) is 11.5. The number of nitrogens with two attached hydrogens (primary N) is 1. The van der Waals surface area contributed by atoms with Crippen LogP contribution in [-0.4, -0.2) is 5.54 Å². The van der Waals surface area contributed by atoms with Crippen LogP contribution in [0.25, 0.3) is 0 Å². The van der Waals surface area contributed by atoms with Crippen molar-refractivity contribution in [3.8, 4) is 0 Å². The van der Waals surface area contributed by atoms with Gasteiger partial charge in [0.2, 0.25) is 0 Å². The second-order valence-electron chi connectivity index (χ2n) is 8.68. The van der Waals surface area contributed by atoms with Gasteiger partial charge in [0.05, 0.1) is 0 Å². The van der Waals surface area contributed by atoms with Crippen LogP contribution in [0.4, 0.5) is 0 Å². The highest BCUT2D eigenvalue weighted by atomic mass is 14.8. The molecule has 1 unspecified atom stereocenters. The monoisotopic (exact) mass is 273 g/mol. The Hall–Kier alpha value is -0.820. The average Bonchev–Trinajstić information content (AvgIpc) is 2.25. The van der Waals surface area contributed by atoms with Crippen LogP contribution in [-0.2, 0) is 11.8 Å². The molecule has 1 nitrogen and oxygen atoms in total. The van der Waals surface area contributed by atoms with Crippen molar-refractivity contribution < 1.29 is 0 Å². The Kier molecular flexibility index (Phi) is 4.03. The van der Waals surface area contributed by atoms with Gasteiger partial charge < -0.3 is 5.73 Å². The zero-order valence-corrected chi connectivity index (χ0v) is 13.9. The Morgan fingerprint density at radius 2 is 1.65 bits per heavy atom. The van der Waals surface area contributed by atoms with Crippen molar-refractivity contribution in [1.29, 1.82) is 0 Å². The van der Waals surface area contributed by atoms with Gasteiger partial charge in [-0.15, -0.1) is 0 Å². The first kappa shape index (κ1) is 15.6. The van der Waals surface area contributed by atoms with Crippen molar-refractivity contribution in [1.82, 2.24) is 0 Å². The molecular formula is C19H31N. The predicted octanol–water partition coefficient (Wildman–Crippen LogP) is 4.82. The van der Waals surface area contributed by atoms with Crippen molar-refractivity contribution in [2.45, 2.75) is 77.7 Å². The summed E-state index contributed by atoms with van der Waals surface area (Å²) in [6.07, 6.45) is 5.90. The van der Waals surface area contributed by atoms with E-state index in [0.29, 0.717) is 5.41 Å². The number of benzene rings is 1. The SMILES string of the molecule is CC1(C)CCCC(N)(Cc2ccc(C(C)(C)C)cc2)C1. The van der Waals surface area contributed by atoms with Gasteiger partial charge >= 0.3 is 0 Å². The Morgan fingerprint density at radius 3 is 2.15 bits per heavy atom. The third kappa shape index (κ3) is 3.85. The smallest absolute Gasteiger partial charge is 0.0200 e. The Bertz CT molecular complexity index is 450. The van der Waals surface area contributed by atoms with Gasteiger partial charge in [-0.05, 0) is 47.6 Å². The lowest BCUT2D eigenvalue weighted by Gasteiger charge is -2.43. The summed E-state index contributed by atoms with van der Waals surface area (Å²) < 4.78 is 0. The quantitative estimate of drug-likeness (QED) is 0.821. The molecule has 2 rings (SSSR count). The molecule has 1 aliphatic carbocycles. The van der Waals surface area contributed by atoms with Crippen LogP contribution in [0, 0.1) is 5.41 Å². The Labute approximate surface area is 125 Å². The highest BCUT2D eigenvalue weighted by Gasteiger charge is 2.36. The van der Waals surface area contributed by atoms with Crippen molar-refractivity contribution >= 4 is 0 Å². The standard InChI is InChI=1S/C19H31N/c1-17(2,3)16-9-7-15(8-10-16)13-19(20)12-6-11-18(4,5)14-19/h7-10H,6,11-14,20H2,1-5H3. The molecule has 1 atom stereocenters. The molecule has 0 amide bonds. The summed E-state index contributed by atoms with van der Waals surface area (Å²) in [5.41, 5.74) is 10.1. The van der Waals surface area contributed by atoms with E-state index in [4.69, 9.17) is 5.73 Å². The minimum absolute atomic E-state index is 0.00893. The zero-order valence-electron chi connectivity index (χ0n) is 13.9. The maximum Gasteiger partial charge on any atom is 0.0200 e. The lowest BCUT2D eigenvalue weighted by atomic mass is 9.66. The summed E-state index contributed by atoms with van der Waals surface area (Å²) in [6, 6.07) is 9.09. The first-order valence-corrected chi connectivity index (χ1v) is 7.98. The van der Waals surface area contributed by atoms with Gasteiger partial charge in [-0.2, -0.15) is 0 Å². The highest BCUT2D eigenvalue weighted by Crippen LogP contribution is 2.41. The predicted molar refractivity (Wildman–Crippen MR) is 88.0 cm³/mol. The van der Waals surface area contributed by atoms with Crippen LogP contribution in [0.15, 0.2) is 24.3 Å². The molecule has 1 aromatic rings. The molecule has 0 aromatic heterocycles. The Morgan fingerprint density at radius 1 is 1.05 bits per heavy atom. The summed E-state index contributed by atoms with van der Waals surface area (Å²) in [4.78, 5) is 0. The first-order valence-electron chi connectivity index (χ1n) is 7.98. The van der Waals surface area contributed by atoms with E-state index >= 15 is 0 Å². The molecular weight excluding hydrogens is 242 g/mol. The largest absolute Gasteiger partial charge is 0.325 e. The van der Waals surface area contributed by atoms with E-state index in [1.165, 1.54) is 24.0 Å². The minimum atomic E-state index is -0.00893. The molecule has 1 aliphatic rings. The van der Waals surface area contributed by atoms with Gasteiger partial charge in [0, 0.05) is 5.54 Å². The van der Waals surface area contributed by atoms with E-state index < -0.39 is 0 Å². The van der Waals surface area contributed by atoms with Gasteiger partial charge in [-0.25, -0.2) is 0 Å². The maximum atomic E-state index is 6.69. The lowest BCUT2D eigenvalue weighted by molar-refractivity contribution is 0.151. The lowest BCUT2D eigenvalue weighted by Crippen LogP contribution is -2.48. The van der Waals surface area contributed by atoms with E-state index in [2.05, 4.69) is 58.9 Å². The summed E-state index contributed by atoms with van der Waals surface area (Å²) in [7, 11) is 0. The van der Waals surface area contributed by atoms with Crippen LogP contribution in [0.2, 0.25) is 0 Å². The highest BCUT2D eigenvalue weighted by molar-refractivity contribution is 5.28. The minimum Gasteiger partial charge on any atom is -0.325 e. The molecule has 1 aromatic carbocycles. The molecule has 0 spiro atoms. The van der Waals surface area contributed by atoms with E-state index in [-0.39, 0.29) is 11.0 Å². The van der Waals surface area contributed by atoms with Crippen LogP contribution in [0.3, 0.4) is 0 Å². The van der Waals surface area contributed by atoms with Gasteiger partial charge in [0.15, 0.2) is 0 Å². The molecule has 0 aliphatic heterocycles. The van der Waals surface area contributed by atoms with E-state index in [1.807, 2.05) is 0 Å². The second kappa shape index (κ2) is 5.18. The molecule has 2 N–H and O–H groups in total. The number of rotatable bonds is 2. The topological polar surface area (TPSA) is 26.0 Å².